The van der Waals surface area contributed by atoms with Crippen molar-refractivity contribution in [3.63, 3.8) is 0 Å². The molecule has 4 rings (SSSR count). The Labute approximate surface area is 182 Å². The minimum Gasteiger partial charge on any atom is -0.239 e. The van der Waals surface area contributed by atoms with Gasteiger partial charge in [-0.25, -0.2) is 17.6 Å². The Balaban J connectivity index is 1.32. The van der Waals surface area contributed by atoms with E-state index in [0.717, 1.165) is 37.7 Å². The quantitative estimate of drug-likeness (QED) is 0.418. The highest BCUT2D eigenvalue weighted by Crippen LogP contribution is 2.41. The van der Waals surface area contributed by atoms with Crippen molar-refractivity contribution >= 4 is 5.57 Å². The van der Waals surface area contributed by atoms with Gasteiger partial charge in [-0.05, 0) is 85.1 Å². The van der Waals surface area contributed by atoms with Gasteiger partial charge in [0.15, 0.2) is 24.7 Å². The topological polar surface area (TPSA) is 0 Å². The first-order valence-corrected chi connectivity index (χ1v) is 11.4. The highest BCUT2D eigenvalue weighted by atomic mass is 19.2. The zero-order valence-electron chi connectivity index (χ0n) is 17.9. The molecule has 0 spiro atoms. The summed E-state index contributed by atoms with van der Waals surface area (Å²) >= 11 is 0. The molecule has 0 aromatic heterocycles. The number of benzene rings is 1. The first-order chi connectivity index (χ1) is 15.0. The molecule has 1 fully saturated rings. The summed E-state index contributed by atoms with van der Waals surface area (Å²) < 4.78 is 58.0. The second kappa shape index (κ2) is 9.58. The van der Waals surface area contributed by atoms with Crippen LogP contribution in [-0.2, 0) is 0 Å². The second-order valence-electron chi connectivity index (χ2n) is 9.17. The van der Waals surface area contributed by atoms with Crippen LogP contribution in [0.4, 0.5) is 17.6 Å². The van der Waals surface area contributed by atoms with E-state index < -0.39 is 24.7 Å². The van der Waals surface area contributed by atoms with E-state index in [-0.39, 0.29) is 5.92 Å². The van der Waals surface area contributed by atoms with Crippen molar-refractivity contribution < 1.29 is 17.6 Å². The molecule has 0 aliphatic heterocycles. The van der Waals surface area contributed by atoms with Gasteiger partial charge < -0.3 is 0 Å². The third-order valence-electron chi connectivity index (χ3n) is 7.20. The first kappa shape index (κ1) is 22.1. The van der Waals surface area contributed by atoms with Crippen molar-refractivity contribution in [2.24, 2.45) is 11.8 Å². The molecule has 4 atom stereocenters. The number of allylic oxidation sites excluding steroid dienone is 8. The summed E-state index contributed by atoms with van der Waals surface area (Å²) in [5.74, 6) is 0.505. The fraction of sp³-hybridized carbons (Fsp3) is 0.481. The molecule has 0 bridgehead atoms. The Kier molecular flexibility index (Phi) is 6.83. The summed E-state index contributed by atoms with van der Waals surface area (Å²) in [6.07, 6.45) is 5.47. The van der Waals surface area contributed by atoms with E-state index in [1.54, 1.807) is 43.4 Å². The molecule has 0 nitrogen and oxygen atoms in total. The van der Waals surface area contributed by atoms with Crippen LogP contribution in [0.25, 0.3) is 5.57 Å². The van der Waals surface area contributed by atoms with Gasteiger partial charge in [0.25, 0.3) is 0 Å². The molecule has 166 valence electrons. The maximum Gasteiger partial charge on any atom is 0.161 e. The van der Waals surface area contributed by atoms with Crippen molar-refractivity contribution in [3.05, 3.63) is 76.9 Å². The highest BCUT2D eigenvalue weighted by Gasteiger charge is 2.35. The minimum atomic E-state index is -1.64. The molecule has 0 saturated heterocycles. The fourth-order valence-corrected chi connectivity index (χ4v) is 5.16. The van der Waals surface area contributed by atoms with E-state index >= 15 is 0 Å². The molecule has 0 amide bonds. The van der Waals surface area contributed by atoms with E-state index in [4.69, 9.17) is 0 Å². The Morgan fingerprint density at radius 3 is 2.16 bits per heavy atom. The van der Waals surface area contributed by atoms with Crippen molar-refractivity contribution in [1.29, 1.82) is 0 Å². The number of halogens is 4. The normalized spacial score (nSPS) is 33.8. The van der Waals surface area contributed by atoms with Crippen LogP contribution < -0.4 is 0 Å². The van der Waals surface area contributed by atoms with Gasteiger partial charge in [0.2, 0.25) is 0 Å². The summed E-state index contributed by atoms with van der Waals surface area (Å²) in [7, 11) is 0. The zero-order valence-corrected chi connectivity index (χ0v) is 17.9. The summed E-state index contributed by atoms with van der Waals surface area (Å²) in [4.78, 5) is 0. The van der Waals surface area contributed by atoms with Gasteiger partial charge in [0.1, 0.15) is 0 Å². The third-order valence-corrected chi connectivity index (χ3v) is 7.20. The van der Waals surface area contributed by atoms with Crippen LogP contribution in [0.2, 0.25) is 0 Å². The van der Waals surface area contributed by atoms with Crippen molar-refractivity contribution in [2.45, 2.75) is 70.1 Å². The van der Waals surface area contributed by atoms with E-state index in [1.165, 1.54) is 0 Å². The predicted molar refractivity (Wildman–Crippen MR) is 119 cm³/mol. The molecular weight excluding hydrogens is 400 g/mol. The molecule has 1 saturated carbocycles. The van der Waals surface area contributed by atoms with Gasteiger partial charge in [0, 0.05) is 0 Å². The number of rotatable bonds is 5. The largest absolute Gasteiger partial charge is 0.239 e. The van der Waals surface area contributed by atoms with Gasteiger partial charge >= 0.3 is 0 Å². The molecule has 3 aliphatic rings. The molecule has 0 radical (unpaired) electrons. The van der Waals surface area contributed by atoms with Crippen molar-refractivity contribution in [1.82, 2.24) is 0 Å². The van der Waals surface area contributed by atoms with Gasteiger partial charge in [-0.3, -0.25) is 0 Å². The van der Waals surface area contributed by atoms with Gasteiger partial charge in [-0.2, -0.15) is 0 Å². The van der Waals surface area contributed by atoms with Crippen molar-refractivity contribution in [3.8, 4) is 0 Å². The summed E-state index contributed by atoms with van der Waals surface area (Å²) in [5.41, 5.74) is 2.68. The molecular formula is C27H30F4. The Morgan fingerprint density at radius 2 is 1.45 bits per heavy atom. The van der Waals surface area contributed by atoms with Crippen LogP contribution in [0.3, 0.4) is 0 Å². The average molecular weight is 431 g/mol. The van der Waals surface area contributed by atoms with Crippen LogP contribution in [-0.4, -0.2) is 24.7 Å². The third kappa shape index (κ3) is 4.73. The Hall–Kier alpha value is -2.10. The maximum atomic E-state index is 14.8. The monoisotopic (exact) mass is 430 g/mol. The van der Waals surface area contributed by atoms with Gasteiger partial charge in [0.05, 0.1) is 0 Å². The van der Waals surface area contributed by atoms with Crippen LogP contribution in [0.5, 0.6) is 0 Å². The SMILES string of the molecule is CC1=CC=C(C2CCC(CCC3=CC=C(c4ccccc4)C(F)C3F)CC2)C(F)C1F. The lowest BCUT2D eigenvalue weighted by atomic mass is 9.73. The molecule has 0 N–H and O–H groups in total. The fourth-order valence-electron chi connectivity index (χ4n) is 5.16. The first-order valence-electron chi connectivity index (χ1n) is 11.4. The summed E-state index contributed by atoms with van der Waals surface area (Å²) in [5, 5.41) is 0. The van der Waals surface area contributed by atoms with Crippen LogP contribution in [0, 0.1) is 11.8 Å². The second-order valence-corrected chi connectivity index (χ2v) is 9.17. The number of hydrogen-bond donors (Lipinski definition) is 0. The zero-order chi connectivity index (χ0) is 22.0. The predicted octanol–water partition coefficient (Wildman–Crippen LogP) is 7.84. The highest BCUT2D eigenvalue weighted by molar-refractivity contribution is 5.73. The molecule has 3 aliphatic carbocycles. The van der Waals surface area contributed by atoms with Crippen molar-refractivity contribution in [2.75, 3.05) is 0 Å². The van der Waals surface area contributed by atoms with E-state index in [1.807, 2.05) is 18.2 Å². The smallest absolute Gasteiger partial charge is 0.161 e. The Bertz CT molecular complexity index is 887. The molecule has 4 heteroatoms. The standard InChI is InChI=1S/C27H30F4/c1-17-7-15-22(26(30)24(17)28)20-11-8-18(9-12-20)10-13-21-14-16-23(27(31)25(21)29)19-5-3-2-4-6-19/h2-7,14-16,18,20,24-27H,8-13H2,1H3. The van der Waals surface area contributed by atoms with E-state index in [2.05, 4.69) is 0 Å². The number of hydrogen-bond acceptors (Lipinski definition) is 0. The van der Waals surface area contributed by atoms with Crippen LogP contribution in [0.1, 0.15) is 51.0 Å². The molecule has 31 heavy (non-hydrogen) atoms. The lowest BCUT2D eigenvalue weighted by Gasteiger charge is -2.34. The number of alkyl halides is 4. The maximum absolute atomic E-state index is 14.8. The minimum absolute atomic E-state index is 0.0863. The molecule has 1 aromatic carbocycles. The molecule has 1 aromatic rings. The average Bonchev–Trinajstić information content (AvgIpc) is 2.80. The summed E-state index contributed by atoms with van der Waals surface area (Å²) in [6.45, 7) is 1.62. The van der Waals surface area contributed by atoms with Crippen LogP contribution >= 0.6 is 0 Å². The lowest BCUT2D eigenvalue weighted by Crippen LogP contribution is -2.29. The Morgan fingerprint density at radius 1 is 0.742 bits per heavy atom. The van der Waals surface area contributed by atoms with Gasteiger partial charge in [-0.15, -0.1) is 0 Å². The van der Waals surface area contributed by atoms with E-state index in [9.17, 15) is 17.6 Å². The molecule has 4 unspecified atom stereocenters. The molecule has 0 heterocycles. The van der Waals surface area contributed by atoms with Crippen LogP contribution in [0.15, 0.2) is 71.4 Å². The summed E-state index contributed by atoms with van der Waals surface area (Å²) in [6, 6.07) is 9.11. The van der Waals surface area contributed by atoms with E-state index in [0.29, 0.717) is 34.6 Å². The lowest BCUT2D eigenvalue weighted by molar-refractivity contribution is 0.190. The van der Waals surface area contributed by atoms with Gasteiger partial charge in [-0.1, -0.05) is 54.6 Å².